The van der Waals surface area contributed by atoms with Crippen LogP contribution in [0.15, 0.2) is 29.2 Å². The lowest BCUT2D eigenvalue weighted by atomic mass is 9.95. The summed E-state index contributed by atoms with van der Waals surface area (Å²) < 4.78 is 27.4. The van der Waals surface area contributed by atoms with E-state index in [9.17, 15) is 18.0 Å². The predicted molar refractivity (Wildman–Crippen MR) is 116 cm³/mol. The van der Waals surface area contributed by atoms with E-state index >= 15 is 0 Å². The van der Waals surface area contributed by atoms with E-state index < -0.39 is 27.9 Å². The average molecular weight is 468 g/mol. The molecule has 7 nitrogen and oxygen atoms in total. The van der Waals surface area contributed by atoms with Crippen molar-refractivity contribution in [2.24, 2.45) is 5.73 Å². The molecule has 160 valence electrons. The summed E-state index contributed by atoms with van der Waals surface area (Å²) in [6.07, 6.45) is 4.63. The maximum absolute atomic E-state index is 13.1. The number of fused-ring (bicyclic) bond motifs is 1. The fraction of sp³-hybridized carbons (Fsp3) is 0.400. The molecule has 1 atom stereocenters. The number of nitrogens with one attached hydrogen (secondary N) is 1. The third-order valence-corrected chi connectivity index (χ3v) is 8.96. The Morgan fingerprint density at radius 2 is 1.83 bits per heavy atom. The van der Waals surface area contributed by atoms with Gasteiger partial charge in [-0.1, -0.05) is 11.6 Å². The number of aryl methyl sites for hydroxylation is 1. The maximum atomic E-state index is 13.1. The third kappa shape index (κ3) is 3.87. The lowest BCUT2D eigenvalue weighted by Crippen LogP contribution is -2.43. The summed E-state index contributed by atoms with van der Waals surface area (Å²) in [4.78, 5) is 26.3. The number of hydrogen-bond donors (Lipinski definition) is 2. The second-order valence-corrected chi connectivity index (χ2v) is 10.9. The molecular formula is C20H22ClN3O4S2. The minimum absolute atomic E-state index is 0.0935. The normalized spacial score (nSPS) is 19.4. The largest absolute Gasteiger partial charge is 0.365 e. The number of halogens is 1. The molecule has 30 heavy (non-hydrogen) atoms. The van der Waals surface area contributed by atoms with Gasteiger partial charge >= 0.3 is 0 Å². The van der Waals surface area contributed by atoms with E-state index in [0.29, 0.717) is 28.4 Å². The van der Waals surface area contributed by atoms with E-state index in [1.54, 1.807) is 0 Å². The van der Waals surface area contributed by atoms with Crippen LogP contribution in [0, 0.1) is 0 Å². The van der Waals surface area contributed by atoms with Gasteiger partial charge in [0.2, 0.25) is 15.9 Å². The van der Waals surface area contributed by atoms with E-state index in [0.717, 1.165) is 36.1 Å². The number of nitrogens with two attached hydrogens (primary N) is 1. The highest BCUT2D eigenvalue weighted by molar-refractivity contribution is 7.89. The molecule has 1 aliphatic carbocycles. The van der Waals surface area contributed by atoms with Crippen LogP contribution in [0.4, 0.5) is 5.00 Å². The molecular weight excluding hydrogens is 446 g/mol. The van der Waals surface area contributed by atoms with Gasteiger partial charge in [-0.05, 0) is 68.4 Å². The summed E-state index contributed by atoms with van der Waals surface area (Å²) in [5.74, 6) is -1.01. The third-order valence-electron chi connectivity index (χ3n) is 5.58. The number of thiophene rings is 1. The standard InChI is InChI=1S/C20H22ClN3O4S2/c21-12-7-9-13(10-8-12)30(27,28)24-11-3-5-15(24)19(26)23-20-17(18(22)25)14-4-1-2-6-16(14)29-20/h7-10,15H,1-6,11H2,(H2,22,25)(H,23,26). The summed E-state index contributed by atoms with van der Waals surface area (Å²) in [5.41, 5.74) is 6.89. The second-order valence-electron chi connectivity index (χ2n) is 7.50. The van der Waals surface area contributed by atoms with Crippen LogP contribution < -0.4 is 11.1 Å². The lowest BCUT2D eigenvalue weighted by Gasteiger charge is -2.23. The Morgan fingerprint density at radius 1 is 1.13 bits per heavy atom. The van der Waals surface area contributed by atoms with E-state index in [2.05, 4.69) is 5.32 Å². The first-order valence-corrected chi connectivity index (χ1v) is 12.4. The van der Waals surface area contributed by atoms with Gasteiger partial charge in [0.1, 0.15) is 11.0 Å². The highest BCUT2D eigenvalue weighted by atomic mass is 35.5. The topological polar surface area (TPSA) is 110 Å². The Morgan fingerprint density at radius 3 is 2.53 bits per heavy atom. The lowest BCUT2D eigenvalue weighted by molar-refractivity contribution is -0.119. The van der Waals surface area contributed by atoms with Crippen LogP contribution in [0.1, 0.15) is 46.5 Å². The van der Waals surface area contributed by atoms with Crippen LogP contribution >= 0.6 is 22.9 Å². The van der Waals surface area contributed by atoms with E-state index in [1.165, 1.54) is 39.9 Å². The van der Waals surface area contributed by atoms with Gasteiger partial charge in [-0.3, -0.25) is 9.59 Å². The van der Waals surface area contributed by atoms with E-state index in [1.807, 2.05) is 0 Å². The Balaban J connectivity index is 1.60. The molecule has 1 fully saturated rings. The number of amides is 2. The SMILES string of the molecule is NC(=O)c1c(NC(=O)C2CCCN2S(=O)(=O)c2ccc(Cl)cc2)sc2c1CCCC2. The first-order valence-electron chi connectivity index (χ1n) is 9.81. The van der Waals surface area contributed by atoms with Crippen LogP contribution in [0.5, 0.6) is 0 Å². The summed E-state index contributed by atoms with van der Waals surface area (Å²) in [5, 5.41) is 3.67. The van der Waals surface area contributed by atoms with Crippen LogP contribution in [-0.4, -0.2) is 37.1 Å². The number of hydrogen-bond acceptors (Lipinski definition) is 5. The van der Waals surface area contributed by atoms with Gasteiger partial charge in [-0.25, -0.2) is 8.42 Å². The molecule has 3 N–H and O–H groups in total. The van der Waals surface area contributed by atoms with Crippen molar-refractivity contribution in [1.82, 2.24) is 4.31 Å². The monoisotopic (exact) mass is 467 g/mol. The van der Waals surface area contributed by atoms with Gasteiger partial charge in [0.05, 0.1) is 10.5 Å². The van der Waals surface area contributed by atoms with Gasteiger partial charge in [0.15, 0.2) is 0 Å². The quantitative estimate of drug-likeness (QED) is 0.703. The van der Waals surface area contributed by atoms with Crippen molar-refractivity contribution >= 4 is 49.8 Å². The molecule has 2 aromatic rings. The van der Waals surface area contributed by atoms with E-state index in [-0.39, 0.29) is 11.4 Å². The number of rotatable bonds is 5. The van der Waals surface area contributed by atoms with Crippen LogP contribution in [-0.2, 0) is 27.7 Å². The number of anilines is 1. The van der Waals surface area contributed by atoms with Crippen molar-refractivity contribution in [3.05, 3.63) is 45.3 Å². The fourth-order valence-electron chi connectivity index (χ4n) is 4.14. The Bertz CT molecular complexity index is 1100. The number of benzene rings is 1. The van der Waals surface area contributed by atoms with Crippen molar-refractivity contribution in [3.63, 3.8) is 0 Å². The zero-order chi connectivity index (χ0) is 21.5. The number of nitrogens with zero attached hydrogens (tertiary/aromatic N) is 1. The molecule has 4 rings (SSSR count). The predicted octanol–water partition coefficient (Wildman–Crippen LogP) is 3.17. The second kappa shape index (κ2) is 8.30. The molecule has 2 aliphatic rings. The maximum Gasteiger partial charge on any atom is 0.251 e. The van der Waals surface area contributed by atoms with Crippen LogP contribution in [0.2, 0.25) is 5.02 Å². The summed E-state index contributed by atoms with van der Waals surface area (Å²) >= 11 is 7.23. The number of sulfonamides is 1. The highest BCUT2D eigenvalue weighted by Gasteiger charge is 2.40. The number of carbonyl (C=O) groups is 2. The van der Waals surface area contributed by atoms with Crippen LogP contribution in [0.25, 0.3) is 0 Å². The molecule has 1 saturated heterocycles. The van der Waals surface area contributed by atoms with Gasteiger partial charge < -0.3 is 11.1 Å². The minimum atomic E-state index is -3.85. The molecule has 1 unspecified atom stereocenters. The molecule has 2 amide bonds. The van der Waals surface area contributed by atoms with Crippen molar-refractivity contribution < 1.29 is 18.0 Å². The van der Waals surface area contributed by atoms with Crippen LogP contribution in [0.3, 0.4) is 0 Å². The Kier molecular flexibility index (Phi) is 5.89. The molecule has 2 heterocycles. The molecule has 1 aliphatic heterocycles. The van der Waals surface area contributed by atoms with Gasteiger partial charge in [-0.15, -0.1) is 11.3 Å². The summed E-state index contributed by atoms with van der Waals surface area (Å²) in [6.45, 7) is 0.257. The smallest absolute Gasteiger partial charge is 0.251 e. The van der Waals surface area contributed by atoms with Gasteiger partial charge in [0.25, 0.3) is 5.91 Å². The van der Waals surface area contributed by atoms with E-state index in [4.69, 9.17) is 17.3 Å². The molecule has 0 radical (unpaired) electrons. The van der Waals surface area contributed by atoms with Gasteiger partial charge in [0, 0.05) is 16.4 Å². The summed E-state index contributed by atoms with van der Waals surface area (Å²) in [7, 11) is -3.85. The molecule has 1 aromatic carbocycles. The van der Waals surface area contributed by atoms with Crippen molar-refractivity contribution in [2.75, 3.05) is 11.9 Å². The molecule has 0 saturated carbocycles. The number of carbonyl (C=O) groups excluding carboxylic acids is 2. The Hall–Kier alpha value is -1.94. The first kappa shape index (κ1) is 21.3. The fourth-order valence-corrected chi connectivity index (χ4v) is 7.22. The highest BCUT2D eigenvalue weighted by Crippen LogP contribution is 2.38. The van der Waals surface area contributed by atoms with Gasteiger partial charge in [-0.2, -0.15) is 4.31 Å². The molecule has 1 aromatic heterocycles. The Labute approximate surface area is 184 Å². The zero-order valence-corrected chi connectivity index (χ0v) is 18.6. The number of primary amides is 1. The van der Waals surface area contributed by atoms with Crippen molar-refractivity contribution in [2.45, 2.75) is 49.5 Å². The van der Waals surface area contributed by atoms with Crippen molar-refractivity contribution in [3.8, 4) is 0 Å². The first-order chi connectivity index (χ1) is 14.3. The zero-order valence-electron chi connectivity index (χ0n) is 16.2. The molecule has 0 bridgehead atoms. The molecule has 0 spiro atoms. The minimum Gasteiger partial charge on any atom is -0.365 e. The molecule has 10 heteroatoms. The average Bonchev–Trinajstić information content (AvgIpc) is 3.33. The summed E-state index contributed by atoms with van der Waals surface area (Å²) in [6, 6.07) is 5.04. The van der Waals surface area contributed by atoms with Crippen molar-refractivity contribution in [1.29, 1.82) is 0 Å².